The van der Waals surface area contributed by atoms with Gasteiger partial charge in [0.25, 0.3) is 5.91 Å². The molecule has 1 amide bonds. The molecule has 0 aromatic heterocycles. The van der Waals surface area contributed by atoms with Gasteiger partial charge in [-0.25, -0.2) is 4.99 Å². The number of carbonyl (C=O) groups is 1. The Morgan fingerprint density at radius 2 is 1.82 bits per heavy atom. The highest BCUT2D eigenvalue weighted by Crippen LogP contribution is 2.33. The monoisotopic (exact) mass is 576 g/mol. The number of ether oxygens (including phenoxy) is 2. The highest BCUT2D eigenvalue weighted by Gasteiger charge is 2.24. The Balaban J connectivity index is 1.52. The van der Waals surface area contributed by atoms with Crippen LogP contribution in [0.3, 0.4) is 0 Å². The summed E-state index contributed by atoms with van der Waals surface area (Å²) < 4.78 is 12.3. The molecule has 0 aliphatic carbocycles. The molecule has 0 radical (unpaired) electrons. The lowest BCUT2D eigenvalue weighted by Crippen LogP contribution is -2.19. The molecule has 174 valence electrons. The molecular weight excluding hydrogens is 559 g/mol. The third-order valence-electron chi connectivity index (χ3n) is 4.67. The summed E-state index contributed by atoms with van der Waals surface area (Å²) in [4.78, 5) is 17.6. The summed E-state index contributed by atoms with van der Waals surface area (Å²) in [5.74, 6) is 1.19. The van der Waals surface area contributed by atoms with E-state index in [9.17, 15) is 4.79 Å². The van der Waals surface area contributed by atoms with Crippen LogP contribution >= 0.6 is 50.9 Å². The van der Waals surface area contributed by atoms with Gasteiger partial charge < -0.3 is 14.8 Å². The van der Waals surface area contributed by atoms with Crippen molar-refractivity contribution >= 4 is 73.7 Å². The van der Waals surface area contributed by atoms with E-state index in [4.69, 9.17) is 32.7 Å². The maximum atomic E-state index is 12.6. The molecule has 1 saturated heterocycles. The van der Waals surface area contributed by atoms with Gasteiger partial charge >= 0.3 is 0 Å². The van der Waals surface area contributed by atoms with E-state index in [0.29, 0.717) is 39.1 Å². The highest BCUT2D eigenvalue weighted by molar-refractivity contribution is 9.10. The second kappa shape index (κ2) is 11.3. The van der Waals surface area contributed by atoms with Crippen molar-refractivity contribution in [1.82, 2.24) is 5.32 Å². The zero-order chi connectivity index (χ0) is 24.1. The molecule has 1 aliphatic heterocycles. The van der Waals surface area contributed by atoms with Crippen LogP contribution in [0.5, 0.6) is 11.5 Å². The summed E-state index contributed by atoms with van der Waals surface area (Å²) >= 11 is 16.9. The predicted molar refractivity (Wildman–Crippen MR) is 143 cm³/mol. The maximum Gasteiger partial charge on any atom is 0.264 e. The van der Waals surface area contributed by atoms with Crippen molar-refractivity contribution in [2.45, 2.75) is 13.5 Å². The lowest BCUT2D eigenvalue weighted by atomic mass is 10.2. The van der Waals surface area contributed by atoms with Gasteiger partial charge in [-0.3, -0.25) is 4.79 Å². The fourth-order valence-corrected chi connectivity index (χ4v) is 4.61. The molecule has 4 rings (SSSR count). The molecule has 0 spiro atoms. The number of amides is 1. The normalized spacial score (nSPS) is 15.6. The Morgan fingerprint density at radius 3 is 2.56 bits per heavy atom. The lowest BCUT2D eigenvalue weighted by Gasteiger charge is -2.11. The van der Waals surface area contributed by atoms with Crippen molar-refractivity contribution < 1.29 is 14.3 Å². The van der Waals surface area contributed by atoms with Gasteiger partial charge in [-0.1, -0.05) is 45.2 Å². The molecular formula is C25H19BrCl2N2O3S. The summed E-state index contributed by atoms with van der Waals surface area (Å²) in [7, 11) is 0. The van der Waals surface area contributed by atoms with Gasteiger partial charge in [-0.15, -0.1) is 0 Å². The Bertz CT molecular complexity index is 1280. The molecule has 5 nitrogen and oxygen atoms in total. The number of aliphatic imine (C=N–C) groups is 1. The standard InChI is InChI=1S/C25H19BrCl2N2O3S/c1-2-32-19-7-5-18(6-8-19)29-25-30-24(31)23(34-25)13-16-12-17(26)4-10-22(16)33-14-15-3-9-20(27)21(28)11-15/h3-13H,2,14H2,1H3,(H,29,30,31)/b23-13+. The van der Waals surface area contributed by atoms with Crippen molar-refractivity contribution in [1.29, 1.82) is 0 Å². The third kappa shape index (κ3) is 6.36. The largest absolute Gasteiger partial charge is 0.494 e. The number of nitrogens with zero attached hydrogens (tertiary/aromatic N) is 1. The van der Waals surface area contributed by atoms with Crippen LogP contribution in [-0.2, 0) is 11.4 Å². The molecule has 0 saturated carbocycles. The summed E-state index contributed by atoms with van der Waals surface area (Å²) in [5.41, 5.74) is 2.36. The van der Waals surface area contributed by atoms with Gasteiger partial charge in [0.1, 0.15) is 18.1 Å². The summed E-state index contributed by atoms with van der Waals surface area (Å²) in [5, 5.41) is 4.28. The molecule has 1 fully saturated rings. The number of thioether (sulfide) groups is 1. The number of benzene rings is 3. The van der Waals surface area contributed by atoms with Crippen molar-refractivity contribution in [3.63, 3.8) is 0 Å². The number of amidine groups is 1. The van der Waals surface area contributed by atoms with Crippen LogP contribution in [0, 0.1) is 0 Å². The van der Waals surface area contributed by atoms with Gasteiger partial charge in [0.2, 0.25) is 0 Å². The van der Waals surface area contributed by atoms with E-state index in [-0.39, 0.29) is 5.91 Å². The number of halogens is 3. The van der Waals surface area contributed by atoms with E-state index in [1.54, 1.807) is 18.2 Å². The molecule has 0 bridgehead atoms. The SMILES string of the molecule is CCOc1ccc(N=C2NC(=O)/C(=C\c3cc(Br)ccc3OCc3ccc(Cl)c(Cl)c3)S2)cc1. The molecule has 1 aliphatic rings. The second-order valence-electron chi connectivity index (χ2n) is 7.13. The molecule has 1 heterocycles. The lowest BCUT2D eigenvalue weighted by molar-refractivity contribution is -0.115. The number of nitrogens with one attached hydrogen (secondary N) is 1. The summed E-state index contributed by atoms with van der Waals surface area (Å²) in [6, 6.07) is 18.4. The van der Waals surface area contributed by atoms with Crippen LogP contribution in [0.25, 0.3) is 6.08 Å². The van der Waals surface area contributed by atoms with Crippen molar-refractivity contribution in [3.05, 3.63) is 91.2 Å². The molecule has 0 atom stereocenters. The molecule has 34 heavy (non-hydrogen) atoms. The first-order valence-corrected chi connectivity index (χ1v) is 12.7. The average Bonchev–Trinajstić information content (AvgIpc) is 3.15. The second-order valence-corrected chi connectivity index (χ2v) is 9.89. The van der Waals surface area contributed by atoms with Crippen molar-refractivity contribution in [2.24, 2.45) is 4.99 Å². The molecule has 0 unspecified atom stereocenters. The van der Waals surface area contributed by atoms with Gasteiger partial charge in [0, 0.05) is 10.0 Å². The molecule has 1 N–H and O–H groups in total. The highest BCUT2D eigenvalue weighted by atomic mass is 79.9. The quantitative estimate of drug-likeness (QED) is 0.293. The van der Waals surface area contributed by atoms with Crippen molar-refractivity contribution in [2.75, 3.05) is 6.61 Å². The van der Waals surface area contributed by atoms with Gasteiger partial charge in [-0.05, 0) is 84.9 Å². The third-order valence-corrected chi connectivity index (χ3v) is 6.81. The fraction of sp³-hybridized carbons (Fsp3) is 0.120. The van der Waals surface area contributed by atoms with E-state index in [0.717, 1.165) is 27.0 Å². The summed E-state index contributed by atoms with van der Waals surface area (Å²) in [6.45, 7) is 2.84. The van der Waals surface area contributed by atoms with E-state index >= 15 is 0 Å². The Morgan fingerprint density at radius 1 is 1.03 bits per heavy atom. The minimum Gasteiger partial charge on any atom is -0.494 e. The number of hydrogen-bond acceptors (Lipinski definition) is 5. The Labute approximate surface area is 220 Å². The Hall–Kier alpha value is -2.45. The van der Waals surface area contributed by atoms with Crippen LogP contribution in [0.1, 0.15) is 18.1 Å². The number of hydrogen-bond donors (Lipinski definition) is 1. The van der Waals surface area contributed by atoms with E-state index in [2.05, 4.69) is 26.2 Å². The first kappa shape index (κ1) is 24.7. The first-order valence-electron chi connectivity index (χ1n) is 10.3. The van der Waals surface area contributed by atoms with Crippen molar-refractivity contribution in [3.8, 4) is 11.5 Å². The fourth-order valence-electron chi connectivity index (χ4n) is 3.08. The zero-order valence-electron chi connectivity index (χ0n) is 18.0. The van der Waals surface area contributed by atoms with Crippen LogP contribution in [0.2, 0.25) is 10.0 Å². The van der Waals surface area contributed by atoms with Gasteiger partial charge in [-0.2, -0.15) is 0 Å². The van der Waals surface area contributed by atoms with E-state index in [1.165, 1.54) is 11.8 Å². The maximum absolute atomic E-state index is 12.6. The molecule has 3 aromatic carbocycles. The van der Waals surface area contributed by atoms with Gasteiger partial charge in [0.05, 0.1) is 27.2 Å². The van der Waals surface area contributed by atoms with Crippen LogP contribution in [0.15, 0.2) is 75.0 Å². The number of carbonyl (C=O) groups excluding carboxylic acids is 1. The Kier molecular flexibility index (Phi) is 8.21. The average molecular weight is 578 g/mol. The van der Waals surface area contributed by atoms with Crippen LogP contribution < -0.4 is 14.8 Å². The van der Waals surface area contributed by atoms with Crippen LogP contribution in [0.4, 0.5) is 5.69 Å². The smallest absolute Gasteiger partial charge is 0.264 e. The zero-order valence-corrected chi connectivity index (χ0v) is 21.9. The van der Waals surface area contributed by atoms with E-state index < -0.39 is 0 Å². The first-order chi connectivity index (χ1) is 16.4. The molecule has 9 heteroatoms. The number of rotatable bonds is 7. The molecule has 3 aromatic rings. The summed E-state index contributed by atoms with van der Waals surface area (Å²) in [6.07, 6.45) is 1.79. The predicted octanol–water partition coefficient (Wildman–Crippen LogP) is 7.63. The topological polar surface area (TPSA) is 59.9 Å². The minimum atomic E-state index is -0.218. The van der Waals surface area contributed by atoms with Crippen LogP contribution in [-0.4, -0.2) is 17.7 Å². The van der Waals surface area contributed by atoms with E-state index in [1.807, 2.05) is 55.5 Å². The minimum absolute atomic E-state index is 0.218. The van der Waals surface area contributed by atoms with Gasteiger partial charge in [0.15, 0.2) is 5.17 Å².